The molecule has 0 radical (unpaired) electrons. The maximum absolute atomic E-state index is 9.97. The van der Waals surface area contributed by atoms with Gasteiger partial charge in [-0.3, -0.25) is 4.40 Å². The van der Waals surface area contributed by atoms with E-state index in [1.54, 1.807) is 0 Å². The van der Waals surface area contributed by atoms with Crippen molar-refractivity contribution in [2.24, 2.45) is 0 Å². The summed E-state index contributed by atoms with van der Waals surface area (Å²) in [4.78, 5) is 9.64. The molecular formula is C24H31N5. The van der Waals surface area contributed by atoms with Gasteiger partial charge in [0.2, 0.25) is 0 Å². The summed E-state index contributed by atoms with van der Waals surface area (Å²) in [5.41, 5.74) is 6.00. The Kier molecular flexibility index (Phi) is 5.47. The highest BCUT2D eigenvalue weighted by Crippen LogP contribution is 2.36. The van der Waals surface area contributed by atoms with E-state index in [4.69, 9.17) is 4.98 Å². The number of anilines is 1. The Bertz CT molecular complexity index is 1070. The number of rotatable bonds is 7. The monoisotopic (exact) mass is 389 g/mol. The molecule has 0 unspecified atom stereocenters. The van der Waals surface area contributed by atoms with Crippen LogP contribution in [0.3, 0.4) is 0 Å². The number of para-hydroxylation sites is 2. The standard InChI is InChI=1S/C24H31N5/c1-5-6-7-8-11-19-17(2)20(14-25)23-26-21-12-9-10-13-22(21)29(23)24(19)28-15-18(16-28)27(3)4/h9-10,12-13,18H,5-8,11,15-16H2,1-4H3. The topological polar surface area (TPSA) is 47.6 Å². The van der Waals surface area contributed by atoms with Gasteiger partial charge in [0.05, 0.1) is 16.6 Å². The van der Waals surface area contributed by atoms with Gasteiger partial charge in [0.15, 0.2) is 5.65 Å². The number of nitriles is 1. The minimum atomic E-state index is 0.573. The molecule has 3 aromatic rings. The first-order chi connectivity index (χ1) is 14.1. The van der Waals surface area contributed by atoms with Crippen LogP contribution in [0.2, 0.25) is 0 Å². The fourth-order valence-electron chi connectivity index (χ4n) is 4.48. The van der Waals surface area contributed by atoms with Crippen LogP contribution in [0.4, 0.5) is 5.82 Å². The largest absolute Gasteiger partial charge is 0.354 e. The van der Waals surface area contributed by atoms with Crippen LogP contribution in [-0.4, -0.2) is 47.5 Å². The maximum atomic E-state index is 9.97. The summed E-state index contributed by atoms with van der Waals surface area (Å²) in [6.45, 7) is 6.39. The molecule has 0 aliphatic carbocycles. The second kappa shape index (κ2) is 8.04. The summed E-state index contributed by atoms with van der Waals surface area (Å²) in [6.07, 6.45) is 5.91. The number of hydrogen-bond donors (Lipinski definition) is 0. The van der Waals surface area contributed by atoms with Crippen LogP contribution in [0.5, 0.6) is 0 Å². The van der Waals surface area contributed by atoms with Crippen LogP contribution in [0, 0.1) is 18.3 Å². The molecule has 5 nitrogen and oxygen atoms in total. The molecule has 0 spiro atoms. The Balaban J connectivity index is 1.91. The van der Waals surface area contributed by atoms with E-state index < -0.39 is 0 Å². The molecule has 1 saturated heterocycles. The smallest absolute Gasteiger partial charge is 0.157 e. The second-order valence-corrected chi connectivity index (χ2v) is 8.51. The lowest BCUT2D eigenvalue weighted by Gasteiger charge is -2.45. The van der Waals surface area contributed by atoms with Crippen LogP contribution in [-0.2, 0) is 6.42 Å². The number of fused-ring (bicyclic) bond motifs is 3. The zero-order valence-corrected chi connectivity index (χ0v) is 18.1. The first kappa shape index (κ1) is 19.7. The van der Waals surface area contributed by atoms with E-state index in [-0.39, 0.29) is 0 Å². The van der Waals surface area contributed by atoms with Gasteiger partial charge in [-0.1, -0.05) is 38.3 Å². The van der Waals surface area contributed by atoms with Crippen molar-refractivity contribution in [3.05, 3.63) is 41.0 Å². The molecule has 4 rings (SSSR count). The van der Waals surface area contributed by atoms with E-state index in [0.29, 0.717) is 6.04 Å². The third-order valence-electron chi connectivity index (χ3n) is 6.38. The van der Waals surface area contributed by atoms with Crippen molar-refractivity contribution in [1.82, 2.24) is 14.3 Å². The molecule has 0 atom stereocenters. The van der Waals surface area contributed by atoms with Gasteiger partial charge in [-0.25, -0.2) is 4.98 Å². The SMILES string of the molecule is CCCCCCc1c(C)c(C#N)c2nc3ccccc3n2c1N1CC(N(C)C)C1. The first-order valence-corrected chi connectivity index (χ1v) is 10.8. The molecule has 0 amide bonds. The third-order valence-corrected chi connectivity index (χ3v) is 6.38. The lowest BCUT2D eigenvalue weighted by Crippen LogP contribution is -2.58. The van der Waals surface area contributed by atoms with Gasteiger partial charge in [0.1, 0.15) is 11.9 Å². The van der Waals surface area contributed by atoms with Crippen molar-refractivity contribution in [3.63, 3.8) is 0 Å². The number of unbranched alkanes of at least 4 members (excludes halogenated alkanes) is 3. The van der Waals surface area contributed by atoms with Gasteiger partial charge in [-0.05, 0) is 57.1 Å². The summed E-state index contributed by atoms with van der Waals surface area (Å²) in [7, 11) is 4.31. The van der Waals surface area contributed by atoms with Gasteiger partial charge >= 0.3 is 0 Å². The Morgan fingerprint density at radius 3 is 2.62 bits per heavy atom. The normalized spacial score (nSPS) is 14.7. The summed E-state index contributed by atoms with van der Waals surface area (Å²) in [6, 6.07) is 11.3. The molecule has 0 N–H and O–H groups in total. The van der Waals surface area contributed by atoms with Gasteiger partial charge in [0.25, 0.3) is 0 Å². The maximum Gasteiger partial charge on any atom is 0.157 e. The first-order valence-electron chi connectivity index (χ1n) is 10.8. The number of pyridine rings is 1. The Hall–Kier alpha value is -2.58. The number of likely N-dealkylation sites (N-methyl/N-ethyl adjacent to an activating group) is 1. The van der Waals surface area contributed by atoms with E-state index in [9.17, 15) is 5.26 Å². The number of benzene rings is 1. The molecular weight excluding hydrogens is 358 g/mol. The molecule has 1 fully saturated rings. The number of nitrogens with zero attached hydrogens (tertiary/aromatic N) is 5. The van der Waals surface area contributed by atoms with E-state index >= 15 is 0 Å². The quantitative estimate of drug-likeness (QED) is 0.557. The molecule has 0 bridgehead atoms. The van der Waals surface area contributed by atoms with E-state index in [1.807, 2.05) is 12.1 Å². The molecule has 0 saturated carbocycles. The van der Waals surface area contributed by atoms with Crippen molar-refractivity contribution in [1.29, 1.82) is 5.26 Å². The fourth-order valence-corrected chi connectivity index (χ4v) is 4.48. The Morgan fingerprint density at radius 2 is 1.93 bits per heavy atom. The minimum Gasteiger partial charge on any atom is -0.354 e. The number of imidazole rings is 1. The van der Waals surface area contributed by atoms with Gasteiger partial charge in [-0.2, -0.15) is 5.26 Å². The fraction of sp³-hybridized carbons (Fsp3) is 0.500. The van der Waals surface area contributed by atoms with Crippen LogP contribution in [0.1, 0.15) is 49.3 Å². The van der Waals surface area contributed by atoms with Crippen molar-refractivity contribution < 1.29 is 0 Å². The van der Waals surface area contributed by atoms with Crippen molar-refractivity contribution in [2.75, 3.05) is 32.1 Å². The highest BCUT2D eigenvalue weighted by Gasteiger charge is 2.33. The van der Waals surface area contributed by atoms with E-state index in [1.165, 1.54) is 30.6 Å². The van der Waals surface area contributed by atoms with Gasteiger partial charge in [-0.15, -0.1) is 0 Å². The van der Waals surface area contributed by atoms with Crippen molar-refractivity contribution in [2.45, 2.75) is 52.0 Å². The predicted octanol–water partition coefficient (Wildman–Crippen LogP) is 4.54. The number of hydrogen-bond acceptors (Lipinski definition) is 4. The Morgan fingerprint density at radius 1 is 1.17 bits per heavy atom. The lowest BCUT2D eigenvalue weighted by molar-refractivity contribution is 0.245. The van der Waals surface area contributed by atoms with Gasteiger partial charge in [0, 0.05) is 19.1 Å². The van der Waals surface area contributed by atoms with Crippen LogP contribution in [0.25, 0.3) is 16.7 Å². The van der Waals surface area contributed by atoms with Crippen molar-refractivity contribution in [3.8, 4) is 6.07 Å². The zero-order chi connectivity index (χ0) is 20.5. The average molecular weight is 390 g/mol. The van der Waals surface area contributed by atoms with Crippen LogP contribution >= 0.6 is 0 Å². The molecule has 1 aliphatic rings. The third kappa shape index (κ3) is 3.36. The Labute approximate surface area is 173 Å². The minimum absolute atomic E-state index is 0.573. The van der Waals surface area contributed by atoms with Crippen molar-refractivity contribution >= 4 is 22.5 Å². The summed E-state index contributed by atoms with van der Waals surface area (Å²) in [5.74, 6) is 1.25. The molecule has 3 heterocycles. The molecule has 5 heteroatoms. The van der Waals surface area contributed by atoms with Crippen LogP contribution in [0.15, 0.2) is 24.3 Å². The molecule has 1 aliphatic heterocycles. The summed E-state index contributed by atoms with van der Waals surface area (Å²) < 4.78 is 2.25. The molecule has 1 aromatic carbocycles. The zero-order valence-electron chi connectivity index (χ0n) is 18.1. The molecule has 152 valence electrons. The predicted molar refractivity (Wildman–Crippen MR) is 120 cm³/mol. The van der Waals surface area contributed by atoms with E-state index in [0.717, 1.165) is 53.7 Å². The molecule has 29 heavy (non-hydrogen) atoms. The highest BCUT2D eigenvalue weighted by molar-refractivity contribution is 5.86. The summed E-state index contributed by atoms with van der Waals surface area (Å²) >= 11 is 0. The highest BCUT2D eigenvalue weighted by atomic mass is 15.3. The van der Waals surface area contributed by atoms with Gasteiger partial charge < -0.3 is 9.80 Å². The average Bonchev–Trinajstić information content (AvgIpc) is 3.04. The molecule has 2 aromatic heterocycles. The number of aromatic nitrogens is 2. The van der Waals surface area contributed by atoms with E-state index in [2.05, 4.69) is 60.3 Å². The van der Waals surface area contributed by atoms with Crippen LogP contribution < -0.4 is 4.90 Å². The second-order valence-electron chi connectivity index (χ2n) is 8.51. The summed E-state index contributed by atoms with van der Waals surface area (Å²) in [5, 5.41) is 9.97. The lowest BCUT2D eigenvalue weighted by atomic mass is 9.96.